The molecule has 5 rings (SSSR count). The summed E-state index contributed by atoms with van der Waals surface area (Å²) in [5, 5.41) is 1.25. The largest absolute Gasteiger partial charge is 0.368 e. The van der Waals surface area contributed by atoms with Crippen molar-refractivity contribution in [3.63, 3.8) is 0 Å². The number of hydrogen-bond acceptors (Lipinski definition) is 2. The molecule has 0 bridgehead atoms. The zero-order chi connectivity index (χ0) is 20.0. The number of rotatable bonds is 2. The molecule has 1 aliphatic carbocycles. The summed E-state index contributed by atoms with van der Waals surface area (Å²) in [6, 6.07) is 12.7. The van der Waals surface area contributed by atoms with E-state index in [0.717, 1.165) is 44.6 Å². The molecule has 1 aromatic heterocycles. The molecule has 2 aromatic carbocycles. The molecule has 1 N–H and O–H groups in total. The van der Waals surface area contributed by atoms with Crippen LogP contribution in [0.2, 0.25) is 0 Å². The van der Waals surface area contributed by atoms with E-state index in [2.05, 4.69) is 54.1 Å². The number of piperazine rings is 1. The van der Waals surface area contributed by atoms with Crippen LogP contribution in [0.3, 0.4) is 0 Å². The van der Waals surface area contributed by atoms with Gasteiger partial charge in [0.1, 0.15) is 0 Å². The maximum atomic E-state index is 13.2. The van der Waals surface area contributed by atoms with Gasteiger partial charge >= 0.3 is 0 Å². The Morgan fingerprint density at radius 1 is 0.966 bits per heavy atom. The molecule has 2 heterocycles. The van der Waals surface area contributed by atoms with Gasteiger partial charge in [0.15, 0.2) is 0 Å². The van der Waals surface area contributed by atoms with Crippen LogP contribution >= 0.6 is 0 Å². The SMILES string of the molecule is Cc1cccc(N2CCN(C(=O)c3ccc4[nH]c5c(c4c3)CCCC5)CC2)c1C. The molecule has 1 saturated heterocycles. The summed E-state index contributed by atoms with van der Waals surface area (Å²) < 4.78 is 0. The molecular weight excluding hydrogens is 358 g/mol. The first-order valence-electron chi connectivity index (χ1n) is 10.9. The Labute approximate surface area is 172 Å². The first-order valence-corrected chi connectivity index (χ1v) is 10.9. The van der Waals surface area contributed by atoms with Crippen molar-refractivity contribution < 1.29 is 4.79 Å². The molecule has 1 amide bonds. The monoisotopic (exact) mass is 387 g/mol. The quantitative estimate of drug-likeness (QED) is 0.697. The summed E-state index contributed by atoms with van der Waals surface area (Å²) in [6.45, 7) is 7.67. The van der Waals surface area contributed by atoms with E-state index in [0.29, 0.717) is 0 Å². The number of hydrogen-bond donors (Lipinski definition) is 1. The number of benzene rings is 2. The normalized spacial score (nSPS) is 16.9. The van der Waals surface area contributed by atoms with Crippen molar-refractivity contribution in [2.45, 2.75) is 39.5 Å². The minimum Gasteiger partial charge on any atom is -0.368 e. The molecule has 29 heavy (non-hydrogen) atoms. The average molecular weight is 388 g/mol. The molecule has 0 radical (unpaired) electrons. The van der Waals surface area contributed by atoms with E-state index in [-0.39, 0.29) is 5.91 Å². The van der Waals surface area contributed by atoms with Gasteiger partial charge in [0.05, 0.1) is 0 Å². The summed E-state index contributed by atoms with van der Waals surface area (Å²) in [5.74, 6) is 0.165. The number of nitrogens with zero attached hydrogens (tertiary/aromatic N) is 2. The second-order valence-electron chi connectivity index (χ2n) is 8.55. The van der Waals surface area contributed by atoms with Crippen LogP contribution in [0.4, 0.5) is 5.69 Å². The third kappa shape index (κ3) is 3.21. The Morgan fingerprint density at radius 3 is 2.59 bits per heavy atom. The van der Waals surface area contributed by atoms with E-state index in [1.807, 2.05) is 11.0 Å². The van der Waals surface area contributed by atoms with Crippen LogP contribution < -0.4 is 4.90 Å². The number of anilines is 1. The number of carbonyl (C=O) groups is 1. The lowest BCUT2D eigenvalue weighted by Gasteiger charge is -2.37. The third-order valence-electron chi connectivity index (χ3n) is 6.83. The molecule has 3 aromatic rings. The highest BCUT2D eigenvalue weighted by Crippen LogP contribution is 2.30. The minimum atomic E-state index is 0.165. The first kappa shape index (κ1) is 18.3. The predicted molar refractivity (Wildman–Crippen MR) is 119 cm³/mol. The highest BCUT2D eigenvalue weighted by atomic mass is 16.2. The van der Waals surface area contributed by atoms with Gasteiger partial charge in [-0.05, 0) is 80.5 Å². The van der Waals surface area contributed by atoms with E-state index in [1.165, 1.54) is 51.8 Å². The maximum Gasteiger partial charge on any atom is 0.253 e. The van der Waals surface area contributed by atoms with E-state index in [1.54, 1.807) is 0 Å². The van der Waals surface area contributed by atoms with Crippen LogP contribution in [-0.4, -0.2) is 42.0 Å². The van der Waals surface area contributed by atoms with E-state index in [4.69, 9.17) is 0 Å². The topological polar surface area (TPSA) is 39.3 Å². The van der Waals surface area contributed by atoms with Crippen molar-refractivity contribution in [2.24, 2.45) is 0 Å². The smallest absolute Gasteiger partial charge is 0.253 e. The lowest BCUT2D eigenvalue weighted by atomic mass is 9.95. The highest BCUT2D eigenvalue weighted by Gasteiger charge is 2.24. The lowest BCUT2D eigenvalue weighted by Crippen LogP contribution is -2.49. The Morgan fingerprint density at radius 2 is 1.76 bits per heavy atom. The Hall–Kier alpha value is -2.75. The fourth-order valence-electron chi connectivity index (χ4n) is 4.95. The Bertz CT molecular complexity index is 1070. The van der Waals surface area contributed by atoms with E-state index in [9.17, 15) is 4.79 Å². The van der Waals surface area contributed by atoms with Crippen LogP contribution in [0, 0.1) is 13.8 Å². The van der Waals surface area contributed by atoms with Crippen molar-refractivity contribution in [1.82, 2.24) is 9.88 Å². The van der Waals surface area contributed by atoms with E-state index < -0.39 is 0 Å². The molecule has 1 aliphatic heterocycles. The fraction of sp³-hybridized carbons (Fsp3) is 0.400. The highest BCUT2D eigenvalue weighted by molar-refractivity contribution is 5.99. The van der Waals surface area contributed by atoms with Crippen LogP contribution in [0.15, 0.2) is 36.4 Å². The standard InChI is InChI=1S/C25H29N3O/c1-17-6-5-9-24(18(17)2)27-12-14-28(15-13-27)25(29)19-10-11-23-21(16-19)20-7-3-4-8-22(20)26-23/h5-6,9-11,16,26H,3-4,7-8,12-15H2,1-2H3. The molecule has 0 atom stereocenters. The number of carbonyl (C=O) groups excluding carboxylic acids is 1. The van der Waals surface area contributed by atoms with Gasteiger partial charge in [-0.1, -0.05) is 12.1 Å². The molecule has 0 unspecified atom stereocenters. The van der Waals surface area contributed by atoms with Gasteiger partial charge in [-0.2, -0.15) is 0 Å². The predicted octanol–water partition coefficient (Wildman–Crippen LogP) is 4.63. The van der Waals surface area contributed by atoms with Crippen molar-refractivity contribution >= 4 is 22.5 Å². The summed E-state index contributed by atoms with van der Waals surface area (Å²) in [7, 11) is 0. The van der Waals surface area contributed by atoms with Gasteiger partial charge in [-0.3, -0.25) is 4.79 Å². The summed E-state index contributed by atoms with van der Waals surface area (Å²) in [6.07, 6.45) is 4.77. The van der Waals surface area contributed by atoms with Gasteiger partial charge in [0.2, 0.25) is 0 Å². The van der Waals surface area contributed by atoms with Crippen molar-refractivity contribution in [3.8, 4) is 0 Å². The van der Waals surface area contributed by atoms with Crippen molar-refractivity contribution in [2.75, 3.05) is 31.1 Å². The van der Waals surface area contributed by atoms with Crippen molar-refractivity contribution in [3.05, 3.63) is 64.3 Å². The van der Waals surface area contributed by atoms with Crippen LogP contribution in [-0.2, 0) is 12.8 Å². The Kier molecular flexibility index (Phi) is 4.57. The fourth-order valence-corrected chi connectivity index (χ4v) is 4.95. The van der Waals surface area contributed by atoms with Gasteiger partial charge in [-0.15, -0.1) is 0 Å². The number of aryl methyl sites for hydroxylation is 3. The van der Waals surface area contributed by atoms with E-state index >= 15 is 0 Å². The molecule has 4 heteroatoms. The average Bonchev–Trinajstić information content (AvgIpc) is 3.13. The molecule has 0 saturated carbocycles. The van der Waals surface area contributed by atoms with Gasteiger partial charge in [0.25, 0.3) is 5.91 Å². The van der Waals surface area contributed by atoms with Crippen LogP contribution in [0.5, 0.6) is 0 Å². The zero-order valence-corrected chi connectivity index (χ0v) is 17.4. The second-order valence-corrected chi connectivity index (χ2v) is 8.55. The number of H-pyrrole nitrogens is 1. The number of amides is 1. The molecule has 4 nitrogen and oxygen atoms in total. The lowest BCUT2D eigenvalue weighted by molar-refractivity contribution is 0.0747. The van der Waals surface area contributed by atoms with Crippen molar-refractivity contribution in [1.29, 1.82) is 0 Å². The molecule has 2 aliphatic rings. The number of nitrogens with one attached hydrogen (secondary N) is 1. The second kappa shape index (κ2) is 7.25. The summed E-state index contributed by atoms with van der Waals surface area (Å²) in [4.78, 5) is 21.2. The summed E-state index contributed by atoms with van der Waals surface area (Å²) >= 11 is 0. The molecule has 0 spiro atoms. The van der Waals surface area contributed by atoms with Gasteiger partial charge in [-0.25, -0.2) is 0 Å². The van der Waals surface area contributed by atoms with Gasteiger partial charge in [0, 0.05) is 54.0 Å². The zero-order valence-electron chi connectivity index (χ0n) is 17.4. The number of fused-ring (bicyclic) bond motifs is 3. The van der Waals surface area contributed by atoms with Crippen LogP contribution in [0.1, 0.15) is 45.6 Å². The molecule has 150 valence electrons. The first-order chi connectivity index (χ1) is 14.1. The number of aromatic amines is 1. The molecule has 1 fully saturated rings. The Balaban J connectivity index is 1.33. The van der Waals surface area contributed by atoms with Gasteiger partial charge < -0.3 is 14.8 Å². The third-order valence-corrected chi connectivity index (χ3v) is 6.83. The maximum absolute atomic E-state index is 13.2. The minimum absolute atomic E-state index is 0.165. The van der Waals surface area contributed by atoms with Crippen LogP contribution in [0.25, 0.3) is 10.9 Å². The number of aromatic nitrogens is 1. The molecular formula is C25H29N3O. The summed E-state index contributed by atoms with van der Waals surface area (Å²) in [5.41, 5.74) is 8.77.